The molecule has 0 aromatic heterocycles. The molecule has 2 aromatic rings. The van der Waals surface area contributed by atoms with Crippen LogP contribution in [0.3, 0.4) is 0 Å². The number of hydrogen-bond donors (Lipinski definition) is 1. The minimum Gasteiger partial charge on any atom is -0.320 e. The Labute approximate surface area is 144 Å². The van der Waals surface area contributed by atoms with Gasteiger partial charge in [0.25, 0.3) is 5.91 Å². The van der Waals surface area contributed by atoms with Gasteiger partial charge in [0.1, 0.15) is 5.71 Å². The quantitative estimate of drug-likeness (QED) is 0.753. The Hall–Kier alpha value is -2.15. The molecule has 7 heteroatoms. The fourth-order valence-corrected chi connectivity index (χ4v) is 3.12. The monoisotopic (exact) mass is 396 g/mol. The number of benzene rings is 2. The maximum Gasteiger partial charge on any atom is 0.418 e. The van der Waals surface area contributed by atoms with Crippen LogP contribution in [0.25, 0.3) is 0 Å². The third-order valence-corrected chi connectivity index (χ3v) is 4.17. The molecule has 0 saturated heterocycles. The fourth-order valence-electron chi connectivity index (χ4n) is 2.61. The summed E-state index contributed by atoms with van der Waals surface area (Å²) >= 11 is 3.36. The van der Waals surface area contributed by atoms with Crippen LogP contribution in [0.2, 0.25) is 0 Å². The number of alkyl halides is 3. The highest BCUT2D eigenvalue weighted by atomic mass is 79.9. The average Bonchev–Trinajstić information content (AvgIpc) is 2.82. The summed E-state index contributed by atoms with van der Waals surface area (Å²) in [5.41, 5.74) is 0.836. The number of carbonyl (C=O) groups is 1. The van der Waals surface area contributed by atoms with E-state index in [4.69, 9.17) is 0 Å². The van der Waals surface area contributed by atoms with Crippen molar-refractivity contribution in [2.75, 3.05) is 5.32 Å². The second-order valence-corrected chi connectivity index (χ2v) is 6.19. The molecule has 1 aliphatic rings. The molecule has 0 aliphatic carbocycles. The molecular formula is C17H12BrF3N2O. The smallest absolute Gasteiger partial charge is 0.320 e. The molecule has 3 nitrogen and oxygen atoms in total. The number of carbonyl (C=O) groups excluding carboxylic acids is 1. The maximum absolute atomic E-state index is 13.1. The molecule has 0 atom stereocenters. The van der Waals surface area contributed by atoms with Gasteiger partial charge >= 0.3 is 6.18 Å². The van der Waals surface area contributed by atoms with E-state index in [0.29, 0.717) is 17.7 Å². The van der Waals surface area contributed by atoms with Gasteiger partial charge in [-0.1, -0.05) is 35.0 Å². The van der Waals surface area contributed by atoms with Crippen molar-refractivity contribution >= 4 is 38.9 Å². The Kier molecular flexibility index (Phi) is 4.21. The lowest BCUT2D eigenvalue weighted by Gasteiger charge is -2.10. The summed E-state index contributed by atoms with van der Waals surface area (Å²) in [4.78, 5) is 16.3. The molecule has 1 N–H and O–H groups in total. The molecule has 0 radical (unpaired) electrons. The van der Waals surface area contributed by atoms with E-state index in [-0.39, 0.29) is 11.4 Å². The Morgan fingerprint density at radius 2 is 1.92 bits per heavy atom. The van der Waals surface area contributed by atoms with Crippen molar-refractivity contribution in [3.05, 3.63) is 57.6 Å². The molecule has 0 unspecified atom stereocenters. The molecule has 24 heavy (non-hydrogen) atoms. The first-order valence-electron chi connectivity index (χ1n) is 7.20. The van der Waals surface area contributed by atoms with Crippen molar-refractivity contribution in [2.24, 2.45) is 4.99 Å². The van der Waals surface area contributed by atoms with Gasteiger partial charge in [0, 0.05) is 10.0 Å². The van der Waals surface area contributed by atoms with Crippen LogP contribution in [0, 0.1) is 0 Å². The van der Waals surface area contributed by atoms with Crippen molar-refractivity contribution in [3.63, 3.8) is 0 Å². The highest BCUT2D eigenvalue weighted by molar-refractivity contribution is 9.10. The van der Waals surface area contributed by atoms with E-state index in [2.05, 4.69) is 26.2 Å². The van der Waals surface area contributed by atoms with Gasteiger partial charge in [-0.25, -0.2) is 4.99 Å². The van der Waals surface area contributed by atoms with Crippen LogP contribution in [0.1, 0.15) is 23.6 Å². The molecule has 0 bridgehead atoms. The summed E-state index contributed by atoms with van der Waals surface area (Å²) in [5, 5.41) is 2.70. The van der Waals surface area contributed by atoms with Crippen LogP contribution in [0.15, 0.2) is 45.9 Å². The number of hydrogen-bond acceptors (Lipinski definition) is 2. The van der Waals surface area contributed by atoms with Crippen molar-refractivity contribution in [3.8, 4) is 0 Å². The largest absolute Gasteiger partial charge is 0.418 e. The number of amides is 1. The second-order valence-electron chi connectivity index (χ2n) is 5.27. The molecule has 0 spiro atoms. The number of nitrogens with one attached hydrogen (secondary N) is 1. The first-order valence-corrected chi connectivity index (χ1v) is 7.99. The third kappa shape index (κ3) is 2.96. The molecule has 1 heterocycles. The zero-order valence-corrected chi connectivity index (χ0v) is 14.1. The van der Waals surface area contributed by atoms with Crippen LogP contribution in [-0.4, -0.2) is 11.6 Å². The van der Waals surface area contributed by atoms with Gasteiger partial charge in [0.2, 0.25) is 0 Å². The SMILES string of the molecule is CCc1cc(Br)cc2c1NC(=O)C2=Nc1ccccc1C(F)(F)F. The number of halogens is 4. The molecule has 1 amide bonds. The Bertz CT molecular complexity index is 859. The molecular weight excluding hydrogens is 385 g/mol. The normalized spacial score (nSPS) is 15.5. The Morgan fingerprint density at radius 1 is 1.21 bits per heavy atom. The minimum absolute atomic E-state index is 0.0160. The molecule has 1 aliphatic heterocycles. The van der Waals surface area contributed by atoms with Gasteiger partial charge in [-0.2, -0.15) is 13.2 Å². The van der Waals surface area contributed by atoms with Crippen LogP contribution >= 0.6 is 15.9 Å². The topological polar surface area (TPSA) is 41.5 Å². The zero-order chi connectivity index (χ0) is 17.5. The molecule has 3 rings (SSSR count). The zero-order valence-electron chi connectivity index (χ0n) is 12.5. The molecule has 0 fully saturated rings. The second kappa shape index (κ2) is 6.05. The third-order valence-electron chi connectivity index (χ3n) is 3.72. The van der Waals surface area contributed by atoms with Gasteiger partial charge in [-0.3, -0.25) is 4.79 Å². The Balaban J connectivity index is 2.18. The highest BCUT2D eigenvalue weighted by Crippen LogP contribution is 2.38. The number of fused-ring (bicyclic) bond motifs is 1. The molecule has 0 saturated carbocycles. The number of aliphatic imine (C=N–C) groups is 1. The van der Waals surface area contributed by atoms with E-state index in [1.54, 1.807) is 6.07 Å². The minimum atomic E-state index is -4.54. The summed E-state index contributed by atoms with van der Waals surface area (Å²) < 4.78 is 40.1. The average molecular weight is 397 g/mol. The number of para-hydroxylation sites is 1. The summed E-state index contributed by atoms with van der Waals surface area (Å²) in [7, 11) is 0. The van der Waals surface area contributed by atoms with Gasteiger partial charge in [-0.15, -0.1) is 0 Å². The summed E-state index contributed by atoms with van der Waals surface area (Å²) in [6.45, 7) is 1.93. The van der Waals surface area contributed by atoms with Crippen LogP contribution < -0.4 is 5.32 Å². The summed E-state index contributed by atoms with van der Waals surface area (Å²) in [6, 6.07) is 8.50. The van der Waals surface area contributed by atoms with Crippen LogP contribution in [0.4, 0.5) is 24.5 Å². The van der Waals surface area contributed by atoms with Crippen molar-refractivity contribution in [1.29, 1.82) is 0 Å². The number of anilines is 1. The van der Waals surface area contributed by atoms with Gasteiger partial charge in [0.05, 0.1) is 16.9 Å². The van der Waals surface area contributed by atoms with E-state index in [1.165, 1.54) is 18.2 Å². The van der Waals surface area contributed by atoms with Crippen molar-refractivity contribution < 1.29 is 18.0 Å². The fraction of sp³-hybridized carbons (Fsp3) is 0.176. The Morgan fingerprint density at radius 3 is 2.58 bits per heavy atom. The first kappa shape index (κ1) is 16.7. The summed E-state index contributed by atoms with van der Waals surface area (Å²) in [5.74, 6) is -0.505. The number of nitrogens with zero attached hydrogens (tertiary/aromatic N) is 1. The predicted octanol–water partition coefficient (Wildman–Crippen LogP) is 5.10. The van der Waals surface area contributed by atoms with E-state index in [1.807, 2.05) is 13.0 Å². The van der Waals surface area contributed by atoms with E-state index < -0.39 is 17.6 Å². The van der Waals surface area contributed by atoms with Crippen LogP contribution in [-0.2, 0) is 17.4 Å². The van der Waals surface area contributed by atoms with Gasteiger partial charge < -0.3 is 5.32 Å². The van der Waals surface area contributed by atoms with Crippen LogP contribution in [0.5, 0.6) is 0 Å². The summed E-state index contributed by atoms with van der Waals surface area (Å²) in [6.07, 6.45) is -3.86. The van der Waals surface area contributed by atoms with Crippen molar-refractivity contribution in [2.45, 2.75) is 19.5 Å². The standard InChI is InChI=1S/C17H12BrF3N2O/c1-2-9-7-10(18)8-11-14(9)23-16(24)15(11)22-13-6-4-3-5-12(13)17(19,20)21/h3-8H,2H2,1H3,(H,22,23,24). The molecule has 2 aromatic carbocycles. The van der Waals surface area contributed by atoms with E-state index in [0.717, 1.165) is 16.1 Å². The lowest BCUT2D eigenvalue weighted by molar-refractivity contribution is -0.137. The number of aryl methyl sites for hydroxylation is 1. The number of rotatable bonds is 2. The molecule has 124 valence electrons. The van der Waals surface area contributed by atoms with Crippen molar-refractivity contribution in [1.82, 2.24) is 0 Å². The van der Waals surface area contributed by atoms with Gasteiger partial charge in [-0.05, 0) is 36.2 Å². The lowest BCUT2D eigenvalue weighted by atomic mass is 10.0. The predicted molar refractivity (Wildman–Crippen MR) is 89.8 cm³/mol. The maximum atomic E-state index is 13.1. The first-order chi connectivity index (χ1) is 11.3. The van der Waals surface area contributed by atoms with Gasteiger partial charge in [0.15, 0.2) is 0 Å². The van der Waals surface area contributed by atoms with E-state index in [9.17, 15) is 18.0 Å². The highest BCUT2D eigenvalue weighted by Gasteiger charge is 2.34. The lowest BCUT2D eigenvalue weighted by Crippen LogP contribution is -2.14. The van der Waals surface area contributed by atoms with E-state index >= 15 is 0 Å².